The number of methoxy groups -OCH3 is 2. The van der Waals surface area contributed by atoms with Crippen molar-refractivity contribution in [3.63, 3.8) is 0 Å². The van der Waals surface area contributed by atoms with Crippen molar-refractivity contribution < 1.29 is 19.0 Å². The molecule has 0 aliphatic carbocycles. The number of anilines is 1. The number of amides is 1. The number of benzene rings is 1. The van der Waals surface area contributed by atoms with Gasteiger partial charge in [-0.3, -0.25) is 5.32 Å². The number of nitrogens with one attached hydrogen (secondary N) is 2. The largest absolute Gasteiger partial charge is 0.493 e. The summed E-state index contributed by atoms with van der Waals surface area (Å²) in [5, 5.41) is 5.79. The maximum atomic E-state index is 11.9. The summed E-state index contributed by atoms with van der Waals surface area (Å²) < 4.78 is 15.8. The van der Waals surface area contributed by atoms with Gasteiger partial charge in [-0.2, -0.15) is 0 Å². The molecule has 0 aliphatic rings. The molecular weight excluding hydrogens is 272 g/mol. The summed E-state index contributed by atoms with van der Waals surface area (Å²) in [5.41, 5.74) is 0.946. The van der Waals surface area contributed by atoms with Crippen molar-refractivity contribution in [2.24, 2.45) is 0 Å². The zero-order valence-electron chi connectivity index (χ0n) is 13.5. The second-order valence-corrected chi connectivity index (χ2v) is 5.52. The standard InChI is InChI=1S/C15H24N2O4/c1-15(2,3)21-14(18)17-11-8-13(20-6)12(19-5)7-10(11)9-16-4/h7-8,16H,9H2,1-6H3,(H,17,18). The maximum Gasteiger partial charge on any atom is 0.412 e. The topological polar surface area (TPSA) is 68.8 Å². The minimum Gasteiger partial charge on any atom is -0.493 e. The van der Waals surface area contributed by atoms with E-state index >= 15 is 0 Å². The van der Waals surface area contributed by atoms with Crippen LogP contribution in [0.1, 0.15) is 26.3 Å². The fourth-order valence-corrected chi connectivity index (χ4v) is 1.79. The molecule has 0 aromatic heterocycles. The van der Waals surface area contributed by atoms with Crippen LogP contribution in [0, 0.1) is 0 Å². The lowest BCUT2D eigenvalue weighted by molar-refractivity contribution is 0.0635. The summed E-state index contributed by atoms with van der Waals surface area (Å²) in [6.45, 7) is 6.02. The number of rotatable bonds is 5. The molecule has 0 fully saturated rings. The van der Waals surface area contributed by atoms with Gasteiger partial charge in [0.2, 0.25) is 0 Å². The van der Waals surface area contributed by atoms with E-state index in [0.717, 1.165) is 5.56 Å². The molecule has 0 atom stereocenters. The monoisotopic (exact) mass is 296 g/mol. The Kier molecular flexibility index (Phi) is 5.84. The van der Waals surface area contributed by atoms with E-state index in [9.17, 15) is 4.79 Å². The van der Waals surface area contributed by atoms with Gasteiger partial charge >= 0.3 is 6.09 Å². The Morgan fingerprint density at radius 1 is 1.14 bits per heavy atom. The molecule has 0 radical (unpaired) electrons. The number of carbonyl (C=O) groups excluding carboxylic acids is 1. The molecule has 118 valence electrons. The first-order valence-corrected chi connectivity index (χ1v) is 6.70. The van der Waals surface area contributed by atoms with Gasteiger partial charge in [0.1, 0.15) is 5.60 Å². The Balaban J connectivity index is 3.05. The number of carbonyl (C=O) groups is 1. The lowest BCUT2D eigenvalue weighted by Crippen LogP contribution is -2.27. The van der Waals surface area contributed by atoms with Gasteiger partial charge in [-0.25, -0.2) is 4.79 Å². The molecule has 0 heterocycles. The lowest BCUT2D eigenvalue weighted by Gasteiger charge is -2.21. The molecule has 0 saturated heterocycles. The molecule has 6 nitrogen and oxygen atoms in total. The molecule has 0 spiro atoms. The molecule has 2 N–H and O–H groups in total. The molecule has 6 heteroatoms. The van der Waals surface area contributed by atoms with E-state index in [1.807, 2.05) is 33.9 Å². The molecule has 0 saturated carbocycles. The Hall–Kier alpha value is -1.95. The first kappa shape index (κ1) is 17.1. The third-order valence-electron chi connectivity index (χ3n) is 2.61. The van der Waals surface area contributed by atoms with Crippen molar-refractivity contribution in [2.75, 3.05) is 26.6 Å². The number of hydrogen-bond donors (Lipinski definition) is 2. The summed E-state index contributed by atoms with van der Waals surface area (Å²) in [7, 11) is 4.95. The van der Waals surface area contributed by atoms with Crippen LogP contribution in [-0.2, 0) is 11.3 Å². The predicted molar refractivity (Wildman–Crippen MR) is 82.2 cm³/mol. The fraction of sp³-hybridized carbons (Fsp3) is 0.533. The molecule has 1 aromatic carbocycles. The smallest absolute Gasteiger partial charge is 0.412 e. The van der Waals surface area contributed by atoms with Crippen molar-refractivity contribution >= 4 is 11.8 Å². The highest BCUT2D eigenvalue weighted by atomic mass is 16.6. The molecule has 0 bridgehead atoms. The van der Waals surface area contributed by atoms with E-state index in [2.05, 4.69) is 10.6 Å². The highest BCUT2D eigenvalue weighted by Gasteiger charge is 2.18. The lowest BCUT2D eigenvalue weighted by atomic mass is 10.1. The predicted octanol–water partition coefficient (Wildman–Crippen LogP) is 2.77. The van der Waals surface area contributed by atoms with E-state index in [0.29, 0.717) is 23.7 Å². The Labute approximate surface area is 125 Å². The van der Waals surface area contributed by atoms with Gasteiger partial charge in [-0.15, -0.1) is 0 Å². The van der Waals surface area contributed by atoms with Crippen molar-refractivity contribution in [1.29, 1.82) is 0 Å². The minimum absolute atomic E-state index is 0.507. The van der Waals surface area contributed by atoms with Gasteiger partial charge in [-0.05, 0) is 39.4 Å². The van der Waals surface area contributed by atoms with Crippen molar-refractivity contribution in [3.8, 4) is 11.5 Å². The third kappa shape index (κ3) is 5.15. The summed E-state index contributed by atoms with van der Waals surface area (Å²) in [4.78, 5) is 11.9. The summed E-state index contributed by atoms with van der Waals surface area (Å²) >= 11 is 0. The second-order valence-electron chi connectivity index (χ2n) is 5.52. The van der Waals surface area contributed by atoms with E-state index < -0.39 is 11.7 Å². The van der Waals surface area contributed by atoms with Crippen LogP contribution in [0.15, 0.2) is 12.1 Å². The molecule has 21 heavy (non-hydrogen) atoms. The van der Waals surface area contributed by atoms with Crippen LogP contribution in [0.5, 0.6) is 11.5 Å². The van der Waals surface area contributed by atoms with Crippen molar-refractivity contribution in [2.45, 2.75) is 32.9 Å². The average Bonchev–Trinajstić information content (AvgIpc) is 2.38. The molecule has 0 aliphatic heterocycles. The highest BCUT2D eigenvalue weighted by Crippen LogP contribution is 2.33. The van der Waals surface area contributed by atoms with Gasteiger partial charge in [0.25, 0.3) is 0 Å². The van der Waals surface area contributed by atoms with E-state index in [1.165, 1.54) is 0 Å². The maximum absolute atomic E-state index is 11.9. The summed E-state index contributed by atoms with van der Waals surface area (Å²) in [6.07, 6.45) is -0.507. The molecule has 0 unspecified atom stereocenters. The van der Waals surface area contributed by atoms with Gasteiger partial charge < -0.3 is 19.5 Å². The van der Waals surface area contributed by atoms with Gasteiger partial charge in [0.15, 0.2) is 11.5 Å². The van der Waals surface area contributed by atoms with Crippen LogP contribution in [0.25, 0.3) is 0 Å². The summed E-state index contributed by atoms with van der Waals surface area (Å²) in [6, 6.07) is 3.54. The molecule has 1 amide bonds. The Morgan fingerprint density at radius 3 is 2.19 bits per heavy atom. The molecule has 1 aromatic rings. The van der Waals surface area contributed by atoms with Crippen molar-refractivity contribution in [1.82, 2.24) is 5.32 Å². The minimum atomic E-state index is -0.552. The van der Waals surface area contributed by atoms with E-state index in [4.69, 9.17) is 14.2 Å². The number of hydrogen-bond acceptors (Lipinski definition) is 5. The van der Waals surface area contributed by atoms with Gasteiger partial charge in [-0.1, -0.05) is 0 Å². The Bertz CT molecular complexity index is 495. The van der Waals surface area contributed by atoms with Gasteiger partial charge in [0, 0.05) is 12.6 Å². The van der Waals surface area contributed by atoms with E-state index in [-0.39, 0.29) is 0 Å². The van der Waals surface area contributed by atoms with Crippen LogP contribution in [0.4, 0.5) is 10.5 Å². The SMILES string of the molecule is CNCc1cc(OC)c(OC)cc1NC(=O)OC(C)(C)C. The first-order valence-electron chi connectivity index (χ1n) is 6.70. The van der Waals surface area contributed by atoms with Crippen LogP contribution in [-0.4, -0.2) is 33.0 Å². The zero-order chi connectivity index (χ0) is 16.0. The third-order valence-corrected chi connectivity index (χ3v) is 2.61. The Morgan fingerprint density at radius 2 is 1.71 bits per heavy atom. The van der Waals surface area contributed by atoms with E-state index in [1.54, 1.807) is 20.3 Å². The average molecular weight is 296 g/mol. The summed E-state index contributed by atoms with van der Waals surface area (Å²) in [5.74, 6) is 1.15. The van der Waals surface area contributed by atoms with Crippen LogP contribution < -0.4 is 20.1 Å². The van der Waals surface area contributed by atoms with Crippen LogP contribution >= 0.6 is 0 Å². The van der Waals surface area contributed by atoms with Crippen LogP contribution in [0.2, 0.25) is 0 Å². The highest BCUT2D eigenvalue weighted by molar-refractivity contribution is 5.86. The van der Waals surface area contributed by atoms with Gasteiger partial charge in [0.05, 0.1) is 19.9 Å². The zero-order valence-corrected chi connectivity index (χ0v) is 13.5. The fourth-order valence-electron chi connectivity index (χ4n) is 1.79. The molecular formula is C15H24N2O4. The quantitative estimate of drug-likeness (QED) is 0.874. The molecule has 1 rings (SSSR count). The second kappa shape index (κ2) is 7.17. The number of ether oxygens (including phenoxy) is 3. The van der Waals surface area contributed by atoms with Crippen molar-refractivity contribution in [3.05, 3.63) is 17.7 Å². The first-order chi connectivity index (χ1) is 9.80. The normalized spacial score (nSPS) is 11.0. The van der Waals surface area contributed by atoms with Crippen LogP contribution in [0.3, 0.4) is 0 Å².